The summed E-state index contributed by atoms with van der Waals surface area (Å²) in [6, 6.07) is 0. The van der Waals surface area contributed by atoms with Crippen LogP contribution in [0.2, 0.25) is 0 Å². The SMILES string of the molecule is CCOC(=O)N=S1CCCCC1. The Hall–Kier alpha value is -0.380. The average molecular weight is 189 g/mol. The molecule has 0 bridgehead atoms. The van der Waals surface area contributed by atoms with Crippen LogP contribution in [0.5, 0.6) is 0 Å². The molecule has 1 saturated heterocycles. The minimum absolute atomic E-state index is 0.0258. The van der Waals surface area contributed by atoms with Gasteiger partial charge in [0.25, 0.3) is 0 Å². The number of rotatable bonds is 1. The summed E-state index contributed by atoms with van der Waals surface area (Å²) in [5, 5.41) is 0. The molecule has 0 aromatic rings. The number of ether oxygens (including phenoxy) is 1. The molecule has 0 spiro atoms. The molecule has 1 heterocycles. The predicted molar refractivity (Wildman–Crippen MR) is 50.4 cm³/mol. The Bertz CT molecular complexity index is 183. The van der Waals surface area contributed by atoms with Gasteiger partial charge in [-0.3, -0.25) is 0 Å². The molecule has 1 amide bonds. The van der Waals surface area contributed by atoms with E-state index in [1.165, 1.54) is 19.3 Å². The summed E-state index contributed by atoms with van der Waals surface area (Å²) in [5.74, 6) is 2.16. The molecule has 0 atom stereocenters. The largest absolute Gasteiger partial charge is 0.448 e. The second-order valence-corrected chi connectivity index (χ2v) is 4.65. The molecule has 0 saturated carbocycles. The number of nitrogens with zero attached hydrogens (tertiary/aromatic N) is 1. The first-order valence-electron chi connectivity index (χ1n) is 4.39. The van der Waals surface area contributed by atoms with Gasteiger partial charge in [-0.15, -0.1) is 0 Å². The standard InChI is InChI=1S/C8H15NO2S/c1-2-11-8(10)9-12-6-4-3-5-7-12/h2-7H2,1H3. The van der Waals surface area contributed by atoms with E-state index in [0.29, 0.717) is 6.61 Å². The monoisotopic (exact) mass is 189 g/mol. The Labute approximate surface area is 75.6 Å². The van der Waals surface area contributed by atoms with Crippen LogP contribution >= 0.6 is 0 Å². The zero-order valence-electron chi connectivity index (χ0n) is 7.41. The van der Waals surface area contributed by atoms with Crippen molar-refractivity contribution in [3.05, 3.63) is 0 Å². The van der Waals surface area contributed by atoms with Gasteiger partial charge >= 0.3 is 6.09 Å². The Morgan fingerprint density at radius 2 is 2.08 bits per heavy atom. The second kappa shape index (κ2) is 5.30. The first kappa shape index (κ1) is 9.71. The van der Waals surface area contributed by atoms with Crippen LogP contribution in [0.4, 0.5) is 4.79 Å². The molecule has 1 aliphatic heterocycles. The molecule has 3 nitrogen and oxygen atoms in total. The molecular weight excluding hydrogens is 174 g/mol. The zero-order valence-corrected chi connectivity index (χ0v) is 8.23. The summed E-state index contributed by atoms with van der Waals surface area (Å²) in [6.45, 7) is 2.23. The number of amides is 1. The van der Waals surface area contributed by atoms with Crippen molar-refractivity contribution < 1.29 is 9.53 Å². The maximum absolute atomic E-state index is 10.9. The summed E-state index contributed by atoms with van der Waals surface area (Å²) >= 11 is 0. The molecule has 1 fully saturated rings. The van der Waals surface area contributed by atoms with Crippen molar-refractivity contribution in [2.45, 2.75) is 26.2 Å². The summed E-state index contributed by atoms with van der Waals surface area (Å²) in [5.41, 5.74) is 0. The molecule has 4 heteroatoms. The van der Waals surface area contributed by atoms with Gasteiger partial charge in [0.1, 0.15) is 0 Å². The van der Waals surface area contributed by atoms with E-state index in [1.807, 2.05) is 0 Å². The Morgan fingerprint density at radius 1 is 1.42 bits per heavy atom. The number of hydrogen-bond donors (Lipinski definition) is 0. The van der Waals surface area contributed by atoms with Gasteiger partial charge < -0.3 is 4.74 Å². The lowest BCUT2D eigenvalue weighted by Gasteiger charge is -2.12. The summed E-state index contributed by atoms with van der Waals surface area (Å²) < 4.78 is 8.74. The first-order valence-corrected chi connectivity index (χ1v) is 5.91. The molecule has 70 valence electrons. The lowest BCUT2D eigenvalue weighted by Crippen LogP contribution is -2.11. The van der Waals surface area contributed by atoms with Gasteiger partial charge in [0.05, 0.1) is 6.61 Å². The van der Waals surface area contributed by atoms with Crippen molar-refractivity contribution in [3.8, 4) is 0 Å². The van der Waals surface area contributed by atoms with Crippen LogP contribution in [-0.2, 0) is 15.4 Å². The molecule has 1 aliphatic rings. The highest BCUT2D eigenvalue weighted by Gasteiger charge is 2.07. The van der Waals surface area contributed by atoms with Crippen molar-refractivity contribution in [2.24, 2.45) is 4.36 Å². The van der Waals surface area contributed by atoms with E-state index in [4.69, 9.17) is 4.74 Å². The third kappa shape index (κ3) is 3.34. The minimum atomic E-state index is -0.372. The maximum Gasteiger partial charge on any atom is 0.439 e. The highest BCUT2D eigenvalue weighted by Crippen LogP contribution is 2.09. The van der Waals surface area contributed by atoms with Gasteiger partial charge in [-0.1, -0.05) is 17.1 Å². The van der Waals surface area contributed by atoms with Crippen LogP contribution in [0.3, 0.4) is 0 Å². The quantitative estimate of drug-likeness (QED) is 0.633. The molecule has 0 unspecified atom stereocenters. The fraction of sp³-hybridized carbons (Fsp3) is 0.875. The number of carbonyl (C=O) groups is 1. The minimum Gasteiger partial charge on any atom is -0.448 e. The highest BCUT2D eigenvalue weighted by molar-refractivity contribution is 7.87. The van der Waals surface area contributed by atoms with Crippen LogP contribution in [0.1, 0.15) is 26.2 Å². The maximum atomic E-state index is 10.9. The van der Waals surface area contributed by atoms with Crippen molar-refractivity contribution in [1.82, 2.24) is 0 Å². The lowest BCUT2D eigenvalue weighted by atomic mass is 10.3. The number of hydrogen-bond acceptors (Lipinski definition) is 2. The molecule has 0 N–H and O–H groups in total. The van der Waals surface area contributed by atoms with Gasteiger partial charge in [0, 0.05) is 11.5 Å². The molecule has 12 heavy (non-hydrogen) atoms. The topological polar surface area (TPSA) is 38.7 Å². The average Bonchev–Trinajstić information content (AvgIpc) is 2.06. The van der Waals surface area contributed by atoms with Crippen LogP contribution in [0, 0.1) is 0 Å². The summed E-state index contributed by atoms with van der Waals surface area (Å²) in [6.07, 6.45) is 3.35. The molecule has 0 radical (unpaired) electrons. The van der Waals surface area contributed by atoms with E-state index in [2.05, 4.69) is 4.36 Å². The van der Waals surface area contributed by atoms with Crippen molar-refractivity contribution >= 4 is 16.8 Å². The van der Waals surface area contributed by atoms with Crippen molar-refractivity contribution in [1.29, 1.82) is 0 Å². The van der Waals surface area contributed by atoms with Crippen molar-refractivity contribution in [3.63, 3.8) is 0 Å². The van der Waals surface area contributed by atoms with Crippen LogP contribution < -0.4 is 0 Å². The summed E-state index contributed by atoms with van der Waals surface area (Å²) in [4.78, 5) is 10.9. The van der Waals surface area contributed by atoms with Gasteiger partial charge in [0.2, 0.25) is 0 Å². The van der Waals surface area contributed by atoms with E-state index in [9.17, 15) is 4.79 Å². The number of carbonyl (C=O) groups excluding carboxylic acids is 1. The van der Waals surface area contributed by atoms with Gasteiger partial charge in [-0.25, -0.2) is 4.79 Å². The van der Waals surface area contributed by atoms with E-state index in [-0.39, 0.29) is 16.8 Å². The Morgan fingerprint density at radius 3 is 2.67 bits per heavy atom. The van der Waals surface area contributed by atoms with Crippen LogP contribution in [0.15, 0.2) is 4.36 Å². The fourth-order valence-electron chi connectivity index (χ4n) is 1.16. The zero-order chi connectivity index (χ0) is 8.81. The first-order chi connectivity index (χ1) is 5.83. The van der Waals surface area contributed by atoms with Crippen LogP contribution in [-0.4, -0.2) is 24.2 Å². The Kier molecular flexibility index (Phi) is 4.29. The predicted octanol–water partition coefficient (Wildman–Crippen LogP) is 2.13. The van der Waals surface area contributed by atoms with E-state index >= 15 is 0 Å². The van der Waals surface area contributed by atoms with Crippen molar-refractivity contribution in [2.75, 3.05) is 18.1 Å². The summed E-state index contributed by atoms with van der Waals surface area (Å²) in [7, 11) is -0.0258. The molecule has 0 aromatic heterocycles. The Balaban J connectivity index is 2.37. The van der Waals surface area contributed by atoms with Gasteiger partial charge in [-0.2, -0.15) is 4.36 Å². The molecular formula is C8H15NO2S. The highest BCUT2D eigenvalue weighted by atomic mass is 32.2. The van der Waals surface area contributed by atoms with E-state index < -0.39 is 0 Å². The molecule has 0 aromatic carbocycles. The van der Waals surface area contributed by atoms with Gasteiger partial charge in [0.15, 0.2) is 0 Å². The second-order valence-electron chi connectivity index (χ2n) is 2.72. The van der Waals surface area contributed by atoms with E-state index in [0.717, 1.165) is 11.5 Å². The smallest absolute Gasteiger partial charge is 0.439 e. The third-order valence-electron chi connectivity index (χ3n) is 1.73. The lowest BCUT2D eigenvalue weighted by molar-refractivity contribution is 0.164. The van der Waals surface area contributed by atoms with Crippen LogP contribution in [0.25, 0.3) is 0 Å². The normalized spacial score (nSPS) is 18.8. The van der Waals surface area contributed by atoms with E-state index in [1.54, 1.807) is 6.92 Å². The molecule has 0 aliphatic carbocycles. The van der Waals surface area contributed by atoms with Gasteiger partial charge in [-0.05, 0) is 19.8 Å². The molecule has 1 rings (SSSR count). The fourth-order valence-corrected chi connectivity index (χ4v) is 2.89. The third-order valence-corrected chi connectivity index (χ3v) is 3.66.